The fourth-order valence-corrected chi connectivity index (χ4v) is 3.67. The third kappa shape index (κ3) is 4.41. The van der Waals surface area contributed by atoms with Crippen LogP contribution < -0.4 is 10.3 Å². The summed E-state index contributed by atoms with van der Waals surface area (Å²) in [6.45, 7) is 11.7. The molecule has 0 saturated carbocycles. The van der Waals surface area contributed by atoms with Crippen LogP contribution in [0.2, 0.25) is 0 Å². The average molecular weight is 446 g/mol. The second-order valence-corrected chi connectivity index (χ2v) is 8.31. The first-order chi connectivity index (χ1) is 15.8. The Labute approximate surface area is 192 Å². The predicted octanol–water partition coefficient (Wildman–Crippen LogP) is 4.61. The zero-order valence-corrected chi connectivity index (χ0v) is 19.7. The van der Waals surface area contributed by atoms with Crippen molar-refractivity contribution in [2.75, 3.05) is 0 Å². The summed E-state index contributed by atoms with van der Waals surface area (Å²) < 4.78 is 12.9. The zero-order chi connectivity index (χ0) is 23.7. The molecule has 0 N–H and O–H groups in total. The molecule has 0 radical (unpaired) electrons. The van der Waals surface area contributed by atoms with E-state index in [1.807, 2.05) is 45.9 Å². The van der Waals surface area contributed by atoms with Crippen molar-refractivity contribution < 1.29 is 9.15 Å². The van der Waals surface area contributed by atoms with Crippen LogP contribution in [0.15, 0.2) is 46.1 Å². The van der Waals surface area contributed by atoms with Gasteiger partial charge < -0.3 is 9.15 Å². The van der Waals surface area contributed by atoms with E-state index in [4.69, 9.17) is 9.15 Å². The highest BCUT2D eigenvalue weighted by Crippen LogP contribution is 2.27. The Bertz CT molecular complexity index is 1370. The molecular formula is C25H27N5O3. The number of aromatic nitrogens is 5. The SMILES string of the molecule is Cc1nc(COc2c(C)c(C)n(-c3ccnc(-c4ccnc(C(C)C)n4)c3)c(=O)c2C)co1. The molecule has 0 amide bonds. The van der Waals surface area contributed by atoms with Crippen LogP contribution in [0.1, 0.15) is 54.0 Å². The lowest BCUT2D eigenvalue weighted by Crippen LogP contribution is -2.25. The third-order valence-electron chi connectivity index (χ3n) is 5.57. The first-order valence-electron chi connectivity index (χ1n) is 10.8. The monoisotopic (exact) mass is 445 g/mol. The van der Waals surface area contributed by atoms with E-state index in [0.29, 0.717) is 28.6 Å². The summed E-state index contributed by atoms with van der Waals surface area (Å²) in [4.78, 5) is 31.1. The molecule has 8 nitrogen and oxygen atoms in total. The Balaban J connectivity index is 1.73. The van der Waals surface area contributed by atoms with Crippen molar-refractivity contribution in [1.82, 2.24) is 24.5 Å². The molecule has 8 heteroatoms. The van der Waals surface area contributed by atoms with Gasteiger partial charge in [-0.2, -0.15) is 0 Å². The number of hydrogen-bond donors (Lipinski definition) is 0. The smallest absolute Gasteiger partial charge is 0.261 e. The van der Waals surface area contributed by atoms with Crippen LogP contribution in [0.4, 0.5) is 0 Å². The van der Waals surface area contributed by atoms with Gasteiger partial charge in [0, 0.05) is 36.5 Å². The minimum atomic E-state index is -0.146. The van der Waals surface area contributed by atoms with Gasteiger partial charge in [-0.15, -0.1) is 0 Å². The number of pyridine rings is 2. The summed E-state index contributed by atoms with van der Waals surface area (Å²) in [5.41, 5.74) is 4.86. The number of nitrogens with zero attached hydrogens (tertiary/aromatic N) is 5. The molecule has 0 aliphatic heterocycles. The summed E-state index contributed by atoms with van der Waals surface area (Å²) in [5.74, 6) is 2.10. The summed E-state index contributed by atoms with van der Waals surface area (Å²) in [7, 11) is 0. The Kier molecular flexibility index (Phi) is 6.09. The van der Waals surface area contributed by atoms with Gasteiger partial charge in [0.1, 0.15) is 30.1 Å². The maximum absolute atomic E-state index is 13.4. The van der Waals surface area contributed by atoms with E-state index in [1.165, 1.54) is 0 Å². The van der Waals surface area contributed by atoms with Crippen LogP contribution in [0, 0.1) is 27.7 Å². The van der Waals surface area contributed by atoms with Gasteiger partial charge >= 0.3 is 0 Å². The number of ether oxygens (including phenoxy) is 1. The second-order valence-electron chi connectivity index (χ2n) is 8.31. The molecule has 0 aromatic carbocycles. The molecule has 4 aromatic rings. The van der Waals surface area contributed by atoms with Crippen LogP contribution in [-0.2, 0) is 6.61 Å². The molecule has 33 heavy (non-hydrogen) atoms. The molecule has 0 aliphatic carbocycles. The highest BCUT2D eigenvalue weighted by Gasteiger charge is 2.18. The van der Waals surface area contributed by atoms with Crippen LogP contribution in [0.5, 0.6) is 5.75 Å². The minimum absolute atomic E-state index is 0.146. The molecule has 0 atom stereocenters. The molecule has 0 aliphatic rings. The Morgan fingerprint density at radius 3 is 2.45 bits per heavy atom. The van der Waals surface area contributed by atoms with Gasteiger partial charge in [-0.1, -0.05) is 13.8 Å². The fourth-order valence-electron chi connectivity index (χ4n) is 3.67. The Hall–Kier alpha value is -3.81. The van der Waals surface area contributed by atoms with Gasteiger partial charge in [-0.25, -0.2) is 15.0 Å². The van der Waals surface area contributed by atoms with Gasteiger partial charge in [0.25, 0.3) is 5.56 Å². The first-order valence-corrected chi connectivity index (χ1v) is 10.8. The highest BCUT2D eigenvalue weighted by molar-refractivity contribution is 5.58. The first kappa shape index (κ1) is 22.4. The van der Waals surface area contributed by atoms with Crippen LogP contribution in [0.3, 0.4) is 0 Å². The Morgan fingerprint density at radius 1 is 1.00 bits per heavy atom. The molecule has 170 valence electrons. The topological polar surface area (TPSA) is 95.9 Å². The van der Waals surface area contributed by atoms with E-state index in [0.717, 1.165) is 28.5 Å². The Morgan fingerprint density at radius 2 is 1.76 bits per heavy atom. The van der Waals surface area contributed by atoms with Crippen LogP contribution in [-0.4, -0.2) is 24.5 Å². The van der Waals surface area contributed by atoms with Crippen molar-refractivity contribution in [2.45, 2.75) is 54.1 Å². The van der Waals surface area contributed by atoms with Crippen molar-refractivity contribution in [2.24, 2.45) is 0 Å². The second kappa shape index (κ2) is 8.97. The lowest BCUT2D eigenvalue weighted by atomic mass is 10.1. The number of rotatable bonds is 6. The lowest BCUT2D eigenvalue weighted by Gasteiger charge is -2.19. The maximum atomic E-state index is 13.4. The van der Waals surface area contributed by atoms with E-state index in [1.54, 1.807) is 37.1 Å². The maximum Gasteiger partial charge on any atom is 0.261 e. The third-order valence-corrected chi connectivity index (χ3v) is 5.57. The average Bonchev–Trinajstić information content (AvgIpc) is 3.23. The number of aryl methyl sites for hydroxylation is 1. The normalized spacial score (nSPS) is 11.2. The molecule has 0 spiro atoms. The zero-order valence-electron chi connectivity index (χ0n) is 19.7. The van der Waals surface area contributed by atoms with Gasteiger partial charge in [0.05, 0.1) is 22.6 Å². The molecule has 4 rings (SSSR count). The largest absolute Gasteiger partial charge is 0.486 e. The highest BCUT2D eigenvalue weighted by atomic mass is 16.5. The summed E-state index contributed by atoms with van der Waals surface area (Å²) in [6, 6.07) is 5.52. The molecule has 4 aromatic heterocycles. The van der Waals surface area contributed by atoms with Gasteiger partial charge in [-0.05, 0) is 39.0 Å². The number of hydrogen-bond acceptors (Lipinski definition) is 7. The molecule has 0 unspecified atom stereocenters. The molecule has 0 bridgehead atoms. The predicted molar refractivity (Wildman–Crippen MR) is 125 cm³/mol. The van der Waals surface area contributed by atoms with E-state index in [-0.39, 0.29) is 18.1 Å². The van der Waals surface area contributed by atoms with Crippen molar-refractivity contribution in [3.05, 3.63) is 81.4 Å². The fraction of sp³-hybridized carbons (Fsp3) is 0.320. The minimum Gasteiger partial charge on any atom is -0.486 e. The van der Waals surface area contributed by atoms with Crippen molar-refractivity contribution in [3.8, 4) is 22.8 Å². The van der Waals surface area contributed by atoms with Crippen LogP contribution >= 0.6 is 0 Å². The van der Waals surface area contributed by atoms with Crippen molar-refractivity contribution >= 4 is 0 Å². The molecule has 0 fully saturated rings. The van der Waals surface area contributed by atoms with Gasteiger partial charge in [0.2, 0.25) is 0 Å². The van der Waals surface area contributed by atoms with E-state index < -0.39 is 0 Å². The standard InChI is InChI=1S/C25H27N5O3/c1-14(2)24-27-10-8-21(29-24)22-11-20(7-9-26-22)30-17(5)15(3)23(16(4)25(30)31)33-13-19-12-32-18(6)28-19/h7-12,14H,13H2,1-6H3. The summed E-state index contributed by atoms with van der Waals surface area (Å²) in [6.07, 6.45) is 4.99. The van der Waals surface area contributed by atoms with Crippen molar-refractivity contribution in [3.63, 3.8) is 0 Å². The summed E-state index contributed by atoms with van der Waals surface area (Å²) >= 11 is 0. The van der Waals surface area contributed by atoms with E-state index in [2.05, 4.69) is 19.9 Å². The number of oxazole rings is 1. The summed E-state index contributed by atoms with van der Waals surface area (Å²) in [5, 5.41) is 0. The molecule has 4 heterocycles. The molecule has 0 saturated heterocycles. The molecular weight excluding hydrogens is 418 g/mol. The van der Waals surface area contributed by atoms with Crippen LogP contribution in [0.25, 0.3) is 17.1 Å². The van der Waals surface area contributed by atoms with E-state index >= 15 is 0 Å². The lowest BCUT2D eigenvalue weighted by molar-refractivity contribution is 0.295. The van der Waals surface area contributed by atoms with Gasteiger partial charge in [-0.3, -0.25) is 14.3 Å². The van der Waals surface area contributed by atoms with Crippen molar-refractivity contribution in [1.29, 1.82) is 0 Å². The van der Waals surface area contributed by atoms with E-state index in [9.17, 15) is 4.79 Å². The van der Waals surface area contributed by atoms with Gasteiger partial charge in [0.15, 0.2) is 5.89 Å². The quantitative estimate of drug-likeness (QED) is 0.427.